The highest BCUT2D eigenvalue weighted by atomic mass is 79.9. The predicted molar refractivity (Wildman–Crippen MR) is 87.4 cm³/mol. The van der Waals surface area contributed by atoms with Gasteiger partial charge in [-0.15, -0.1) is 0 Å². The fraction of sp³-hybridized carbons (Fsp3) is 0.562. The number of rotatable bonds is 5. The Bertz CT molecular complexity index is 485. The van der Waals surface area contributed by atoms with Gasteiger partial charge in [-0.05, 0) is 60.3 Å². The lowest BCUT2D eigenvalue weighted by molar-refractivity contribution is 0.00842. The van der Waals surface area contributed by atoms with Gasteiger partial charge in [0.1, 0.15) is 0 Å². The lowest BCUT2D eigenvalue weighted by Gasteiger charge is -2.32. The van der Waals surface area contributed by atoms with Crippen LogP contribution in [0.4, 0.5) is 0 Å². The lowest BCUT2D eigenvalue weighted by atomic mass is 10.1. The summed E-state index contributed by atoms with van der Waals surface area (Å²) in [4.78, 5) is 14.5. The van der Waals surface area contributed by atoms with Crippen molar-refractivity contribution >= 4 is 21.8 Å². The predicted octanol–water partition coefficient (Wildman–Crippen LogP) is 2.73. The van der Waals surface area contributed by atoms with Gasteiger partial charge in [0.15, 0.2) is 0 Å². The first-order chi connectivity index (χ1) is 10.1. The summed E-state index contributed by atoms with van der Waals surface area (Å²) in [5, 5.41) is 0. The van der Waals surface area contributed by atoms with Crippen LogP contribution in [-0.2, 0) is 4.74 Å². The molecule has 5 heteroatoms. The maximum Gasteiger partial charge on any atom is 0.255 e. The van der Waals surface area contributed by atoms with Gasteiger partial charge in [-0.1, -0.05) is 12.1 Å². The molecule has 1 aliphatic rings. The Morgan fingerprint density at radius 1 is 1.43 bits per heavy atom. The highest BCUT2D eigenvalue weighted by molar-refractivity contribution is 9.10. The van der Waals surface area contributed by atoms with E-state index in [1.54, 1.807) is 0 Å². The Morgan fingerprint density at radius 2 is 2.14 bits per heavy atom. The molecule has 0 unspecified atom stereocenters. The first-order valence-corrected chi connectivity index (χ1v) is 8.29. The molecule has 0 radical (unpaired) electrons. The average molecular weight is 355 g/mol. The zero-order valence-electron chi connectivity index (χ0n) is 12.5. The van der Waals surface area contributed by atoms with E-state index in [4.69, 9.17) is 10.5 Å². The van der Waals surface area contributed by atoms with Crippen LogP contribution in [0.2, 0.25) is 0 Å². The molecule has 0 spiro atoms. The second-order valence-corrected chi connectivity index (χ2v) is 6.23. The maximum atomic E-state index is 12.6. The van der Waals surface area contributed by atoms with Gasteiger partial charge in [-0.2, -0.15) is 0 Å². The van der Waals surface area contributed by atoms with Gasteiger partial charge < -0.3 is 15.4 Å². The molecule has 1 aromatic carbocycles. The maximum absolute atomic E-state index is 12.6. The molecule has 1 aliphatic heterocycles. The van der Waals surface area contributed by atoms with Gasteiger partial charge >= 0.3 is 0 Å². The minimum Gasteiger partial charge on any atom is -0.378 e. The second-order valence-electron chi connectivity index (χ2n) is 5.44. The van der Waals surface area contributed by atoms with Gasteiger partial charge in [-0.25, -0.2) is 0 Å². The standard InChI is InChI=1S/C16H23BrN2O2/c1-12-4-2-5-14(15(12)17)16(20)19-9-6-13(7-10-19)21-11-3-8-18/h2,4-5,13H,3,6-11,18H2,1H3. The number of likely N-dealkylation sites (tertiary alicyclic amines) is 1. The molecule has 2 rings (SSSR count). The van der Waals surface area contributed by atoms with Gasteiger partial charge in [0.2, 0.25) is 0 Å². The van der Waals surface area contributed by atoms with Crippen LogP contribution in [-0.4, -0.2) is 43.2 Å². The van der Waals surface area contributed by atoms with E-state index in [1.807, 2.05) is 30.0 Å². The van der Waals surface area contributed by atoms with Crippen LogP contribution in [0, 0.1) is 6.92 Å². The second kappa shape index (κ2) is 7.92. The Hall–Kier alpha value is -0.910. The van der Waals surface area contributed by atoms with E-state index in [0.717, 1.165) is 54.6 Å². The molecule has 1 aromatic rings. The fourth-order valence-corrected chi connectivity index (χ4v) is 2.98. The number of amides is 1. The molecule has 0 atom stereocenters. The van der Waals surface area contributed by atoms with E-state index in [1.165, 1.54) is 0 Å². The lowest BCUT2D eigenvalue weighted by Crippen LogP contribution is -2.41. The molecule has 1 fully saturated rings. The summed E-state index contributed by atoms with van der Waals surface area (Å²) in [7, 11) is 0. The van der Waals surface area contributed by atoms with Crippen LogP contribution in [0.3, 0.4) is 0 Å². The SMILES string of the molecule is Cc1cccc(C(=O)N2CCC(OCCCN)CC2)c1Br. The number of benzene rings is 1. The third kappa shape index (κ3) is 4.28. The topological polar surface area (TPSA) is 55.6 Å². The number of halogens is 1. The summed E-state index contributed by atoms with van der Waals surface area (Å²) in [6.07, 6.45) is 2.97. The molecule has 21 heavy (non-hydrogen) atoms. The molecule has 4 nitrogen and oxygen atoms in total. The highest BCUT2D eigenvalue weighted by Gasteiger charge is 2.25. The van der Waals surface area contributed by atoms with Crippen LogP contribution in [0.15, 0.2) is 22.7 Å². The van der Waals surface area contributed by atoms with Crippen LogP contribution >= 0.6 is 15.9 Å². The van der Waals surface area contributed by atoms with Crippen molar-refractivity contribution in [3.05, 3.63) is 33.8 Å². The van der Waals surface area contributed by atoms with E-state index in [9.17, 15) is 4.79 Å². The number of nitrogens with two attached hydrogens (primary N) is 1. The fourth-order valence-electron chi connectivity index (χ4n) is 2.54. The number of carbonyl (C=O) groups is 1. The first-order valence-electron chi connectivity index (χ1n) is 7.49. The Morgan fingerprint density at radius 3 is 2.81 bits per heavy atom. The van der Waals surface area contributed by atoms with Gasteiger partial charge in [0.05, 0.1) is 11.7 Å². The van der Waals surface area contributed by atoms with Gasteiger partial charge in [0.25, 0.3) is 5.91 Å². The van der Waals surface area contributed by atoms with E-state index in [2.05, 4.69) is 15.9 Å². The molecule has 0 bridgehead atoms. The Labute approximate surface area is 134 Å². The molecule has 116 valence electrons. The highest BCUT2D eigenvalue weighted by Crippen LogP contribution is 2.24. The van der Waals surface area contributed by atoms with E-state index in [-0.39, 0.29) is 12.0 Å². The molecular formula is C16H23BrN2O2. The summed E-state index contributed by atoms with van der Waals surface area (Å²) in [5.74, 6) is 0.103. The molecule has 1 heterocycles. The summed E-state index contributed by atoms with van der Waals surface area (Å²) >= 11 is 3.52. The molecule has 0 aromatic heterocycles. The summed E-state index contributed by atoms with van der Waals surface area (Å²) in [6.45, 7) is 4.90. The van der Waals surface area contributed by atoms with Crippen molar-refractivity contribution in [3.8, 4) is 0 Å². The van der Waals surface area contributed by atoms with Crippen molar-refractivity contribution in [1.29, 1.82) is 0 Å². The summed E-state index contributed by atoms with van der Waals surface area (Å²) in [6, 6.07) is 5.80. The van der Waals surface area contributed by atoms with Crippen LogP contribution in [0.25, 0.3) is 0 Å². The van der Waals surface area contributed by atoms with E-state index < -0.39 is 0 Å². The monoisotopic (exact) mass is 354 g/mol. The van der Waals surface area contributed by atoms with E-state index >= 15 is 0 Å². The van der Waals surface area contributed by atoms with Crippen molar-refractivity contribution in [1.82, 2.24) is 4.90 Å². The molecule has 1 amide bonds. The number of hydrogen-bond donors (Lipinski definition) is 1. The van der Waals surface area contributed by atoms with Crippen LogP contribution in [0.5, 0.6) is 0 Å². The first kappa shape index (κ1) is 16.5. The zero-order chi connectivity index (χ0) is 15.2. The van der Waals surface area contributed by atoms with Crippen molar-refractivity contribution in [2.75, 3.05) is 26.2 Å². The average Bonchev–Trinajstić information content (AvgIpc) is 2.50. The largest absolute Gasteiger partial charge is 0.378 e. The third-order valence-electron chi connectivity index (χ3n) is 3.85. The smallest absolute Gasteiger partial charge is 0.255 e. The van der Waals surface area contributed by atoms with Crippen molar-refractivity contribution < 1.29 is 9.53 Å². The number of hydrogen-bond acceptors (Lipinski definition) is 3. The zero-order valence-corrected chi connectivity index (χ0v) is 14.1. The van der Waals surface area contributed by atoms with Crippen LogP contribution < -0.4 is 5.73 Å². The third-order valence-corrected chi connectivity index (χ3v) is 4.91. The minimum absolute atomic E-state index is 0.103. The minimum atomic E-state index is 0.103. The number of aryl methyl sites for hydroxylation is 1. The Balaban J connectivity index is 1.90. The van der Waals surface area contributed by atoms with Gasteiger partial charge in [-0.3, -0.25) is 4.79 Å². The number of carbonyl (C=O) groups excluding carboxylic acids is 1. The molecular weight excluding hydrogens is 332 g/mol. The van der Waals surface area contributed by atoms with Crippen molar-refractivity contribution in [3.63, 3.8) is 0 Å². The van der Waals surface area contributed by atoms with Gasteiger partial charge in [0, 0.05) is 24.2 Å². The molecule has 2 N–H and O–H groups in total. The molecule has 0 aliphatic carbocycles. The summed E-state index contributed by atoms with van der Waals surface area (Å²) < 4.78 is 6.67. The van der Waals surface area contributed by atoms with Crippen molar-refractivity contribution in [2.45, 2.75) is 32.3 Å². The quantitative estimate of drug-likeness (QED) is 0.827. The van der Waals surface area contributed by atoms with E-state index in [0.29, 0.717) is 6.54 Å². The normalized spacial score (nSPS) is 16.2. The summed E-state index contributed by atoms with van der Waals surface area (Å²) in [5.41, 5.74) is 7.29. The Kier molecular flexibility index (Phi) is 6.21. The van der Waals surface area contributed by atoms with Crippen molar-refractivity contribution in [2.24, 2.45) is 5.73 Å². The number of nitrogens with zero attached hydrogens (tertiary/aromatic N) is 1. The number of piperidine rings is 1. The molecule has 0 saturated carbocycles. The number of ether oxygens (including phenoxy) is 1. The molecule has 1 saturated heterocycles. The van der Waals surface area contributed by atoms with Crippen LogP contribution in [0.1, 0.15) is 35.2 Å².